The number of nitrogens with two attached hydrogens (primary N) is 1. The predicted molar refractivity (Wildman–Crippen MR) is 77.6 cm³/mol. The van der Waals surface area contributed by atoms with Gasteiger partial charge < -0.3 is 10.6 Å². The van der Waals surface area contributed by atoms with Crippen LogP contribution in [0.2, 0.25) is 0 Å². The second-order valence-corrected chi connectivity index (χ2v) is 6.22. The number of hydrogen-bond acceptors (Lipinski definition) is 4. The zero-order valence-corrected chi connectivity index (χ0v) is 12.7. The maximum Gasteiger partial charge on any atom is 0.309 e. The largest absolute Gasteiger partial charge is 0.345 e. The molecule has 21 heavy (non-hydrogen) atoms. The topological polar surface area (TPSA) is 118 Å². The number of amides is 2. The van der Waals surface area contributed by atoms with Gasteiger partial charge in [-0.1, -0.05) is 19.1 Å². The highest BCUT2D eigenvalue weighted by Crippen LogP contribution is 2.08. The van der Waals surface area contributed by atoms with Crippen LogP contribution < -0.4 is 15.8 Å². The van der Waals surface area contributed by atoms with E-state index in [-0.39, 0.29) is 17.5 Å². The highest BCUT2D eigenvalue weighted by atomic mass is 32.2. The van der Waals surface area contributed by atoms with Crippen LogP contribution >= 0.6 is 0 Å². The van der Waals surface area contributed by atoms with Crippen molar-refractivity contribution in [1.29, 1.82) is 0 Å². The average molecular weight is 313 g/mol. The fourth-order valence-electron chi connectivity index (χ4n) is 1.45. The highest BCUT2D eigenvalue weighted by molar-refractivity contribution is 7.89. The first-order valence-electron chi connectivity index (χ1n) is 6.44. The molecule has 0 aliphatic rings. The molecule has 1 atom stereocenters. The van der Waals surface area contributed by atoms with Crippen LogP contribution in [0.25, 0.3) is 0 Å². The van der Waals surface area contributed by atoms with Gasteiger partial charge in [0.25, 0.3) is 0 Å². The summed E-state index contributed by atoms with van der Waals surface area (Å²) in [6.45, 7) is 3.82. The van der Waals surface area contributed by atoms with Gasteiger partial charge in [-0.15, -0.1) is 0 Å². The van der Waals surface area contributed by atoms with Gasteiger partial charge in [-0.05, 0) is 31.0 Å². The number of nitrogens with one attached hydrogen (secondary N) is 2. The summed E-state index contributed by atoms with van der Waals surface area (Å²) < 4.78 is 22.2. The molecule has 2 amide bonds. The lowest BCUT2D eigenvalue weighted by atomic mass is 10.2. The summed E-state index contributed by atoms with van der Waals surface area (Å²) in [7, 11) is -3.73. The van der Waals surface area contributed by atoms with Gasteiger partial charge in [0.05, 0.1) is 4.90 Å². The van der Waals surface area contributed by atoms with Crippen molar-refractivity contribution < 1.29 is 18.0 Å². The Morgan fingerprint density at radius 1 is 1.19 bits per heavy atom. The number of primary sulfonamides is 1. The predicted octanol–water partition coefficient (Wildman–Crippen LogP) is -0.135. The van der Waals surface area contributed by atoms with E-state index in [4.69, 9.17) is 5.14 Å². The lowest BCUT2D eigenvalue weighted by Crippen LogP contribution is -2.43. The van der Waals surface area contributed by atoms with Gasteiger partial charge in [0, 0.05) is 12.6 Å². The third kappa shape index (κ3) is 5.52. The van der Waals surface area contributed by atoms with E-state index in [0.29, 0.717) is 5.56 Å². The summed E-state index contributed by atoms with van der Waals surface area (Å²) in [5, 5.41) is 9.98. The number of carbonyl (C=O) groups excluding carboxylic acids is 2. The number of rotatable bonds is 5. The smallest absolute Gasteiger partial charge is 0.309 e. The summed E-state index contributed by atoms with van der Waals surface area (Å²) >= 11 is 0. The van der Waals surface area contributed by atoms with Crippen LogP contribution in [0.3, 0.4) is 0 Å². The zero-order chi connectivity index (χ0) is 16.0. The number of hydrogen-bond donors (Lipinski definition) is 3. The van der Waals surface area contributed by atoms with Crippen LogP contribution in [0.4, 0.5) is 0 Å². The molecular formula is C13H19N3O4S. The van der Waals surface area contributed by atoms with E-state index in [9.17, 15) is 18.0 Å². The second-order valence-electron chi connectivity index (χ2n) is 4.65. The molecule has 0 aliphatic heterocycles. The van der Waals surface area contributed by atoms with Crippen LogP contribution in [0.15, 0.2) is 29.2 Å². The molecule has 0 saturated heterocycles. The quantitative estimate of drug-likeness (QED) is 0.656. The molecule has 0 fully saturated rings. The van der Waals surface area contributed by atoms with Crippen molar-refractivity contribution in [2.24, 2.45) is 5.14 Å². The van der Waals surface area contributed by atoms with Crippen molar-refractivity contribution in [1.82, 2.24) is 10.6 Å². The maximum atomic E-state index is 11.6. The average Bonchev–Trinajstić information content (AvgIpc) is 2.43. The molecule has 1 aromatic rings. The van der Waals surface area contributed by atoms with Gasteiger partial charge in [-0.3, -0.25) is 9.59 Å². The summed E-state index contributed by atoms with van der Waals surface area (Å²) in [4.78, 5) is 23.0. The SMILES string of the molecule is CC[C@@H](C)NC(=O)C(=O)NCc1ccc(S(N)(=O)=O)cc1. The Kier molecular flexibility index (Phi) is 5.86. The first-order valence-corrected chi connectivity index (χ1v) is 7.99. The minimum Gasteiger partial charge on any atom is -0.345 e. The zero-order valence-electron chi connectivity index (χ0n) is 11.9. The van der Waals surface area contributed by atoms with Crippen molar-refractivity contribution in [2.45, 2.75) is 37.8 Å². The Labute approximate surface area is 124 Å². The molecule has 0 saturated carbocycles. The van der Waals surface area contributed by atoms with Crippen molar-refractivity contribution in [3.05, 3.63) is 29.8 Å². The van der Waals surface area contributed by atoms with Crippen LogP contribution in [-0.4, -0.2) is 26.3 Å². The lowest BCUT2D eigenvalue weighted by molar-refractivity contribution is -0.139. The third-order valence-electron chi connectivity index (χ3n) is 2.90. The Hall–Kier alpha value is -1.93. The maximum absolute atomic E-state index is 11.6. The lowest BCUT2D eigenvalue weighted by Gasteiger charge is -2.11. The monoisotopic (exact) mass is 313 g/mol. The summed E-state index contributed by atoms with van der Waals surface area (Å²) in [6, 6.07) is 5.66. The van der Waals surface area contributed by atoms with Gasteiger partial charge in [-0.25, -0.2) is 13.6 Å². The fraction of sp³-hybridized carbons (Fsp3) is 0.385. The summed E-state index contributed by atoms with van der Waals surface area (Å²) in [6.07, 6.45) is 0.730. The van der Waals surface area contributed by atoms with Gasteiger partial charge in [-0.2, -0.15) is 0 Å². The molecule has 0 unspecified atom stereocenters. The van der Waals surface area contributed by atoms with Crippen molar-refractivity contribution in [3.8, 4) is 0 Å². The minimum atomic E-state index is -3.73. The second kappa shape index (κ2) is 7.19. The molecule has 1 aromatic carbocycles. The first-order chi connectivity index (χ1) is 9.74. The van der Waals surface area contributed by atoms with Gasteiger partial charge in [0.15, 0.2) is 0 Å². The van der Waals surface area contributed by atoms with Crippen molar-refractivity contribution in [2.75, 3.05) is 0 Å². The molecule has 8 heteroatoms. The number of carbonyl (C=O) groups is 2. The van der Waals surface area contributed by atoms with E-state index >= 15 is 0 Å². The fourth-order valence-corrected chi connectivity index (χ4v) is 1.97. The molecule has 4 N–H and O–H groups in total. The molecule has 0 aliphatic carbocycles. The molecule has 116 valence electrons. The number of benzene rings is 1. The Balaban J connectivity index is 2.56. The molecule has 7 nitrogen and oxygen atoms in total. The third-order valence-corrected chi connectivity index (χ3v) is 3.83. The summed E-state index contributed by atoms with van der Waals surface area (Å²) in [5.41, 5.74) is 0.659. The minimum absolute atomic E-state index is 0.00732. The van der Waals surface area contributed by atoms with Crippen molar-refractivity contribution in [3.63, 3.8) is 0 Å². The van der Waals surface area contributed by atoms with Gasteiger partial charge in [0.2, 0.25) is 10.0 Å². The molecule has 0 spiro atoms. The van der Waals surface area contributed by atoms with Crippen LogP contribution in [0, 0.1) is 0 Å². The molecular weight excluding hydrogens is 294 g/mol. The Morgan fingerprint density at radius 3 is 2.24 bits per heavy atom. The van der Waals surface area contributed by atoms with E-state index in [0.717, 1.165) is 6.42 Å². The highest BCUT2D eigenvalue weighted by Gasteiger charge is 2.15. The van der Waals surface area contributed by atoms with Gasteiger partial charge >= 0.3 is 11.8 Å². The van der Waals surface area contributed by atoms with E-state index in [2.05, 4.69) is 10.6 Å². The normalized spacial score (nSPS) is 12.5. The van der Waals surface area contributed by atoms with E-state index in [1.807, 2.05) is 6.92 Å². The van der Waals surface area contributed by atoms with E-state index in [1.54, 1.807) is 6.92 Å². The first kappa shape index (κ1) is 17.1. The number of sulfonamides is 1. The molecule has 0 bridgehead atoms. The molecule has 0 heterocycles. The molecule has 1 rings (SSSR count). The van der Waals surface area contributed by atoms with Crippen LogP contribution in [-0.2, 0) is 26.2 Å². The van der Waals surface area contributed by atoms with E-state index < -0.39 is 21.8 Å². The van der Waals surface area contributed by atoms with Gasteiger partial charge in [0.1, 0.15) is 0 Å². The Morgan fingerprint density at radius 2 is 1.76 bits per heavy atom. The van der Waals surface area contributed by atoms with Crippen molar-refractivity contribution >= 4 is 21.8 Å². The summed E-state index contributed by atoms with van der Waals surface area (Å²) in [5.74, 6) is -1.42. The molecule has 0 radical (unpaired) electrons. The molecule has 0 aromatic heterocycles. The standard InChI is InChI=1S/C13H19N3O4S/c1-3-9(2)16-13(18)12(17)15-8-10-4-6-11(7-5-10)21(14,19)20/h4-7,9H,3,8H2,1-2H3,(H,15,17)(H,16,18)(H2,14,19,20)/t9-/m1/s1. The van der Waals surface area contributed by atoms with E-state index in [1.165, 1.54) is 24.3 Å². The van der Waals surface area contributed by atoms with Crippen LogP contribution in [0.5, 0.6) is 0 Å². The Bertz CT molecular complexity index is 611. The van der Waals surface area contributed by atoms with Crippen LogP contribution in [0.1, 0.15) is 25.8 Å².